The molecule has 0 aliphatic rings. The molecule has 0 aliphatic heterocycles. The second-order valence-corrected chi connectivity index (χ2v) is 3.51. The Bertz CT molecular complexity index is 407. The van der Waals surface area contributed by atoms with Gasteiger partial charge in [0.25, 0.3) is 0 Å². The van der Waals surface area contributed by atoms with Crippen LogP contribution in [0.2, 0.25) is 0 Å². The first-order chi connectivity index (χ1) is 7.66. The number of aliphatic carboxylic acids is 1. The molecule has 0 bridgehead atoms. The van der Waals surface area contributed by atoms with Crippen LogP contribution >= 0.6 is 0 Å². The lowest BCUT2D eigenvalue weighted by Crippen LogP contribution is -2.13. The lowest BCUT2D eigenvalue weighted by Gasteiger charge is -2.12. The summed E-state index contributed by atoms with van der Waals surface area (Å²) in [6.07, 6.45) is 6.55. The number of rotatable bonds is 5. The number of terminal acetylenes is 1. The molecule has 0 saturated carbocycles. The highest BCUT2D eigenvalue weighted by molar-refractivity contribution is 5.76. The molecule has 16 heavy (non-hydrogen) atoms. The smallest absolute Gasteiger partial charge is 0.311 e. The highest BCUT2D eigenvalue weighted by atomic mass is 19.1. The van der Waals surface area contributed by atoms with Gasteiger partial charge in [0.2, 0.25) is 0 Å². The van der Waals surface area contributed by atoms with Crippen LogP contribution in [0.25, 0.3) is 0 Å². The summed E-state index contributed by atoms with van der Waals surface area (Å²) in [6, 6.07) is 5.95. The zero-order chi connectivity index (χ0) is 12.0. The van der Waals surface area contributed by atoms with Crippen molar-refractivity contribution in [2.45, 2.75) is 25.2 Å². The van der Waals surface area contributed by atoms with Gasteiger partial charge in [0, 0.05) is 12.0 Å². The van der Waals surface area contributed by atoms with E-state index in [4.69, 9.17) is 11.5 Å². The van der Waals surface area contributed by atoms with Gasteiger partial charge >= 0.3 is 5.97 Å². The number of carboxylic acid groups (broad SMARTS) is 1. The summed E-state index contributed by atoms with van der Waals surface area (Å²) in [6.45, 7) is 0. The molecule has 0 fully saturated rings. The van der Waals surface area contributed by atoms with E-state index in [0.717, 1.165) is 0 Å². The molecule has 84 valence electrons. The summed E-state index contributed by atoms with van der Waals surface area (Å²) < 4.78 is 13.4. The largest absolute Gasteiger partial charge is 0.481 e. The highest BCUT2D eigenvalue weighted by Crippen LogP contribution is 2.24. The molecule has 0 aliphatic carbocycles. The first-order valence-corrected chi connectivity index (χ1v) is 5.07. The molecule has 2 nitrogen and oxygen atoms in total. The van der Waals surface area contributed by atoms with Gasteiger partial charge in [-0.2, -0.15) is 0 Å². The normalized spacial score (nSPS) is 11.8. The number of carboxylic acids is 1. The average molecular weight is 220 g/mol. The summed E-state index contributed by atoms with van der Waals surface area (Å²) in [5.74, 6) is 0.143. The summed E-state index contributed by atoms with van der Waals surface area (Å²) >= 11 is 0. The third kappa shape index (κ3) is 3.09. The Morgan fingerprint density at radius 3 is 2.75 bits per heavy atom. The van der Waals surface area contributed by atoms with E-state index in [2.05, 4.69) is 5.92 Å². The lowest BCUT2D eigenvalue weighted by atomic mass is 9.93. The number of halogens is 1. The number of carbonyl (C=O) groups is 1. The van der Waals surface area contributed by atoms with Crippen molar-refractivity contribution in [2.24, 2.45) is 0 Å². The molecule has 0 aromatic heterocycles. The molecule has 0 amide bonds. The van der Waals surface area contributed by atoms with Crippen LogP contribution < -0.4 is 0 Å². The van der Waals surface area contributed by atoms with E-state index >= 15 is 0 Å². The van der Waals surface area contributed by atoms with Crippen molar-refractivity contribution in [3.8, 4) is 12.3 Å². The second-order valence-electron chi connectivity index (χ2n) is 3.51. The summed E-state index contributed by atoms with van der Waals surface area (Å²) in [7, 11) is 0. The van der Waals surface area contributed by atoms with Gasteiger partial charge in [0.1, 0.15) is 5.82 Å². The zero-order valence-electron chi connectivity index (χ0n) is 8.82. The number of unbranched alkanes of at least 4 members (excludes halogenated alkanes) is 1. The van der Waals surface area contributed by atoms with E-state index in [1.807, 2.05) is 0 Å². The van der Waals surface area contributed by atoms with Gasteiger partial charge < -0.3 is 5.11 Å². The quantitative estimate of drug-likeness (QED) is 0.612. The fourth-order valence-electron chi connectivity index (χ4n) is 1.58. The monoisotopic (exact) mass is 220 g/mol. The van der Waals surface area contributed by atoms with E-state index in [1.165, 1.54) is 12.1 Å². The van der Waals surface area contributed by atoms with Gasteiger partial charge in [-0.05, 0) is 18.9 Å². The van der Waals surface area contributed by atoms with Crippen LogP contribution in [-0.4, -0.2) is 11.1 Å². The van der Waals surface area contributed by atoms with Gasteiger partial charge in [-0.15, -0.1) is 12.3 Å². The molecule has 0 saturated heterocycles. The molecule has 3 heteroatoms. The van der Waals surface area contributed by atoms with Crippen molar-refractivity contribution in [2.75, 3.05) is 0 Å². The highest BCUT2D eigenvalue weighted by Gasteiger charge is 2.21. The Labute approximate surface area is 94.1 Å². The van der Waals surface area contributed by atoms with Gasteiger partial charge in [-0.25, -0.2) is 4.39 Å². The summed E-state index contributed by atoms with van der Waals surface area (Å²) in [4.78, 5) is 11.0. The molecule has 1 aromatic carbocycles. The van der Waals surface area contributed by atoms with Crippen molar-refractivity contribution < 1.29 is 14.3 Å². The van der Waals surface area contributed by atoms with Crippen LogP contribution in [0.5, 0.6) is 0 Å². The Kier molecular flexibility index (Phi) is 4.53. The minimum absolute atomic E-state index is 0.229. The standard InChI is InChI=1S/C13H13FO2/c1-2-3-4-8-11(13(15)16)10-7-5-6-9-12(10)14/h1,5-7,9,11H,3-4,8H2,(H,15,16). The second kappa shape index (κ2) is 5.92. The molecule has 1 unspecified atom stereocenters. The summed E-state index contributed by atoms with van der Waals surface area (Å²) in [5.41, 5.74) is 0.229. The van der Waals surface area contributed by atoms with E-state index in [0.29, 0.717) is 19.3 Å². The van der Waals surface area contributed by atoms with Crippen molar-refractivity contribution in [3.63, 3.8) is 0 Å². The molecule has 0 spiro atoms. The van der Waals surface area contributed by atoms with Crippen LogP contribution in [0, 0.1) is 18.2 Å². The predicted molar refractivity (Wildman–Crippen MR) is 59.5 cm³/mol. The SMILES string of the molecule is C#CCCCC(C(=O)O)c1ccccc1F. The first kappa shape index (κ1) is 12.3. The third-order valence-electron chi connectivity index (χ3n) is 2.39. The van der Waals surface area contributed by atoms with E-state index in [-0.39, 0.29) is 5.56 Å². The van der Waals surface area contributed by atoms with Crippen LogP contribution in [0.15, 0.2) is 24.3 Å². The third-order valence-corrected chi connectivity index (χ3v) is 2.39. The minimum atomic E-state index is -1.01. The maximum atomic E-state index is 13.4. The minimum Gasteiger partial charge on any atom is -0.481 e. The van der Waals surface area contributed by atoms with E-state index in [1.54, 1.807) is 12.1 Å². The fraction of sp³-hybridized carbons (Fsp3) is 0.308. The number of hydrogen-bond donors (Lipinski definition) is 1. The maximum absolute atomic E-state index is 13.4. The molecular formula is C13H13FO2. The molecule has 0 heterocycles. The number of benzene rings is 1. The predicted octanol–water partition coefficient (Wildman–Crippen LogP) is 2.80. The van der Waals surface area contributed by atoms with Crippen molar-refractivity contribution in [1.29, 1.82) is 0 Å². The zero-order valence-corrected chi connectivity index (χ0v) is 8.82. The van der Waals surface area contributed by atoms with Gasteiger partial charge in [0.05, 0.1) is 5.92 Å². The Balaban J connectivity index is 2.83. The van der Waals surface area contributed by atoms with Crippen molar-refractivity contribution in [3.05, 3.63) is 35.6 Å². The van der Waals surface area contributed by atoms with Crippen LogP contribution in [-0.2, 0) is 4.79 Å². The first-order valence-electron chi connectivity index (χ1n) is 5.07. The Morgan fingerprint density at radius 2 is 2.19 bits per heavy atom. The Hall–Kier alpha value is -1.82. The van der Waals surface area contributed by atoms with Crippen LogP contribution in [0.4, 0.5) is 4.39 Å². The number of hydrogen-bond acceptors (Lipinski definition) is 1. The van der Waals surface area contributed by atoms with Crippen LogP contribution in [0.3, 0.4) is 0 Å². The molecule has 0 radical (unpaired) electrons. The molecule has 1 atom stereocenters. The van der Waals surface area contributed by atoms with E-state index in [9.17, 15) is 9.18 Å². The molecule has 1 aromatic rings. The Morgan fingerprint density at radius 1 is 1.50 bits per heavy atom. The molecule has 1 rings (SSSR count). The fourth-order valence-corrected chi connectivity index (χ4v) is 1.58. The average Bonchev–Trinajstić information content (AvgIpc) is 2.25. The van der Waals surface area contributed by atoms with E-state index < -0.39 is 17.7 Å². The maximum Gasteiger partial charge on any atom is 0.311 e. The van der Waals surface area contributed by atoms with Gasteiger partial charge in [-0.3, -0.25) is 4.79 Å². The van der Waals surface area contributed by atoms with Gasteiger partial charge in [0.15, 0.2) is 0 Å². The van der Waals surface area contributed by atoms with Crippen LogP contribution in [0.1, 0.15) is 30.7 Å². The van der Waals surface area contributed by atoms with Crippen molar-refractivity contribution >= 4 is 5.97 Å². The molecular weight excluding hydrogens is 207 g/mol. The van der Waals surface area contributed by atoms with Crippen molar-refractivity contribution in [1.82, 2.24) is 0 Å². The molecule has 1 N–H and O–H groups in total. The van der Waals surface area contributed by atoms with Gasteiger partial charge in [-0.1, -0.05) is 18.2 Å². The summed E-state index contributed by atoms with van der Waals surface area (Å²) in [5, 5.41) is 9.03. The lowest BCUT2D eigenvalue weighted by molar-refractivity contribution is -0.139. The topological polar surface area (TPSA) is 37.3 Å².